The highest BCUT2D eigenvalue weighted by molar-refractivity contribution is 6.46. The molecule has 0 spiro atoms. The Morgan fingerprint density at radius 1 is 0.907 bits per heavy atom. The van der Waals surface area contributed by atoms with E-state index in [9.17, 15) is 14.7 Å². The highest BCUT2D eigenvalue weighted by Gasteiger charge is 2.46. The third kappa shape index (κ3) is 7.56. The van der Waals surface area contributed by atoms with Gasteiger partial charge in [-0.15, -0.1) is 0 Å². The molecule has 0 unspecified atom stereocenters. The van der Waals surface area contributed by atoms with Crippen molar-refractivity contribution in [3.05, 3.63) is 95.1 Å². The van der Waals surface area contributed by atoms with Gasteiger partial charge in [0.05, 0.1) is 25.3 Å². The SMILES string of the molecule is CCCOc1ccc(C(O)=C2C(=O)C(=O)N(CCCN(CC)CC)[C@H]2c2ccc(OCc3ccccc3)c(OC)c2)cc1. The summed E-state index contributed by atoms with van der Waals surface area (Å²) in [5.41, 5.74) is 2.15. The van der Waals surface area contributed by atoms with Crippen LogP contribution >= 0.6 is 0 Å². The third-order valence-electron chi connectivity index (χ3n) is 7.65. The van der Waals surface area contributed by atoms with Crippen molar-refractivity contribution < 1.29 is 28.9 Å². The number of amides is 1. The number of methoxy groups -OCH3 is 1. The first kappa shape index (κ1) is 31.6. The van der Waals surface area contributed by atoms with Gasteiger partial charge in [0.25, 0.3) is 11.7 Å². The first-order valence-corrected chi connectivity index (χ1v) is 15.0. The van der Waals surface area contributed by atoms with E-state index in [-0.39, 0.29) is 11.3 Å². The van der Waals surface area contributed by atoms with E-state index in [4.69, 9.17) is 14.2 Å². The Hall–Kier alpha value is -4.30. The Bertz CT molecular complexity index is 1400. The summed E-state index contributed by atoms with van der Waals surface area (Å²) in [5, 5.41) is 11.5. The standard InChI is InChI=1S/C35H42N2O6/c1-5-22-42-28-17-14-26(15-18-28)33(38)31-32(37(35(40)34(31)39)21-11-20-36(6-2)7-3)27-16-19-29(30(23-27)41-4)43-24-25-12-9-8-10-13-25/h8-10,12-19,23,32,38H,5-7,11,20-22,24H2,1-4H3/t32-/m0/s1. The van der Waals surface area contributed by atoms with Gasteiger partial charge in [0.1, 0.15) is 18.1 Å². The molecule has 8 heteroatoms. The van der Waals surface area contributed by atoms with Gasteiger partial charge < -0.3 is 29.1 Å². The number of benzene rings is 3. The molecule has 4 rings (SSSR count). The quantitative estimate of drug-likeness (QED) is 0.129. The van der Waals surface area contributed by atoms with Crippen molar-refractivity contribution >= 4 is 17.4 Å². The molecule has 228 valence electrons. The number of Topliss-reactive ketones (excluding diaryl/α,β-unsaturated/α-hetero) is 1. The van der Waals surface area contributed by atoms with E-state index in [0.29, 0.717) is 54.6 Å². The monoisotopic (exact) mass is 586 g/mol. The maximum absolute atomic E-state index is 13.5. The van der Waals surface area contributed by atoms with Crippen LogP contribution in [-0.4, -0.2) is 66.5 Å². The Labute approximate surface area is 254 Å². The number of carbonyl (C=O) groups excluding carboxylic acids is 2. The van der Waals surface area contributed by atoms with Gasteiger partial charge in [-0.05, 0) is 80.0 Å². The number of carbonyl (C=O) groups is 2. The number of aliphatic hydroxyl groups excluding tert-OH is 1. The largest absolute Gasteiger partial charge is 0.507 e. The second kappa shape index (κ2) is 15.3. The van der Waals surface area contributed by atoms with Crippen molar-refractivity contribution in [2.45, 2.75) is 46.3 Å². The highest BCUT2D eigenvalue weighted by Crippen LogP contribution is 2.42. The molecular weight excluding hydrogens is 544 g/mol. The second-order valence-corrected chi connectivity index (χ2v) is 10.4. The number of ether oxygens (including phenoxy) is 3. The van der Waals surface area contributed by atoms with Crippen LogP contribution < -0.4 is 14.2 Å². The minimum atomic E-state index is -0.787. The summed E-state index contributed by atoms with van der Waals surface area (Å²) in [7, 11) is 1.55. The van der Waals surface area contributed by atoms with Gasteiger partial charge in [0.2, 0.25) is 0 Å². The van der Waals surface area contributed by atoms with E-state index < -0.39 is 17.7 Å². The van der Waals surface area contributed by atoms with E-state index in [1.165, 1.54) is 0 Å². The molecule has 3 aromatic rings. The van der Waals surface area contributed by atoms with Gasteiger partial charge in [-0.25, -0.2) is 0 Å². The predicted octanol–water partition coefficient (Wildman–Crippen LogP) is 6.22. The molecule has 1 amide bonds. The van der Waals surface area contributed by atoms with Gasteiger partial charge in [-0.1, -0.05) is 57.2 Å². The fourth-order valence-electron chi connectivity index (χ4n) is 5.25. The number of nitrogens with zero attached hydrogens (tertiary/aromatic N) is 2. The zero-order valence-corrected chi connectivity index (χ0v) is 25.5. The summed E-state index contributed by atoms with van der Waals surface area (Å²) in [6.45, 7) is 10.1. The van der Waals surface area contributed by atoms with E-state index >= 15 is 0 Å². The fourth-order valence-corrected chi connectivity index (χ4v) is 5.25. The van der Waals surface area contributed by atoms with Crippen molar-refractivity contribution in [2.24, 2.45) is 0 Å². The molecule has 1 N–H and O–H groups in total. The molecule has 43 heavy (non-hydrogen) atoms. The Morgan fingerprint density at radius 2 is 1.63 bits per heavy atom. The highest BCUT2D eigenvalue weighted by atomic mass is 16.5. The lowest BCUT2D eigenvalue weighted by Gasteiger charge is -2.27. The van der Waals surface area contributed by atoms with Gasteiger partial charge in [0.15, 0.2) is 11.5 Å². The van der Waals surface area contributed by atoms with Crippen LogP contribution in [0.15, 0.2) is 78.4 Å². The summed E-state index contributed by atoms with van der Waals surface area (Å²) >= 11 is 0. The number of aliphatic hydroxyl groups is 1. The molecule has 1 saturated heterocycles. The number of likely N-dealkylation sites (tertiary alicyclic amines) is 1. The predicted molar refractivity (Wildman–Crippen MR) is 167 cm³/mol. The molecule has 1 aliphatic rings. The van der Waals surface area contributed by atoms with Crippen molar-refractivity contribution in [3.63, 3.8) is 0 Å². The molecule has 1 aliphatic heterocycles. The number of hydrogen-bond acceptors (Lipinski definition) is 7. The van der Waals surface area contributed by atoms with Crippen LogP contribution in [0.5, 0.6) is 17.2 Å². The van der Waals surface area contributed by atoms with Gasteiger partial charge in [0, 0.05) is 12.1 Å². The molecule has 1 heterocycles. The van der Waals surface area contributed by atoms with Crippen molar-refractivity contribution in [2.75, 3.05) is 39.9 Å². The molecule has 1 atom stereocenters. The number of ketones is 1. The average molecular weight is 587 g/mol. The zero-order valence-electron chi connectivity index (χ0n) is 25.5. The smallest absolute Gasteiger partial charge is 0.295 e. The van der Waals surface area contributed by atoms with Crippen LogP contribution in [0.4, 0.5) is 0 Å². The lowest BCUT2D eigenvalue weighted by Crippen LogP contribution is -2.33. The van der Waals surface area contributed by atoms with E-state index in [2.05, 4.69) is 18.7 Å². The molecular formula is C35H42N2O6. The zero-order chi connectivity index (χ0) is 30.8. The van der Waals surface area contributed by atoms with Crippen molar-refractivity contribution in [3.8, 4) is 17.2 Å². The number of rotatable bonds is 15. The molecule has 0 aliphatic carbocycles. The topological polar surface area (TPSA) is 88.5 Å². The van der Waals surface area contributed by atoms with Crippen LogP contribution in [-0.2, 0) is 16.2 Å². The first-order chi connectivity index (χ1) is 20.9. The van der Waals surface area contributed by atoms with Gasteiger partial charge in [-0.2, -0.15) is 0 Å². The summed E-state index contributed by atoms with van der Waals surface area (Å²) in [4.78, 5) is 30.8. The summed E-state index contributed by atoms with van der Waals surface area (Å²) < 4.78 is 17.4. The molecule has 1 fully saturated rings. The second-order valence-electron chi connectivity index (χ2n) is 10.4. The first-order valence-electron chi connectivity index (χ1n) is 15.0. The maximum atomic E-state index is 13.5. The Morgan fingerprint density at radius 3 is 2.28 bits per heavy atom. The molecule has 0 bridgehead atoms. The minimum Gasteiger partial charge on any atom is -0.507 e. The molecule has 0 aromatic heterocycles. The normalized spacial score (nSPS) is 16.1. The Balaban J connectivity index is 1.70. The van der Waals surface area contributed by atoms with E-state index in [1.54, 1.807) is 48.4 Å². The lowest BCUT2D eigenvalue weighted by molar-refractivity contribution is -0.140. The summed E-state index contributed by atoms with van der Waals surface area (Å²) in [5.74, 6) is 0.121. The summed E-state index contributed by atoms with van der Waals surface area (Å²) in [6, 6.07) is 21.3. The van der Waals surface area contributed by atoms with Gasteiger partial charge >= 0.3 is 0 Å². The van der Waals surface area contributed by atoms with E-state index in [0.717, 1.165) is 31.6 Å². The van der Waals surface area contributed by atoms with E-state index in [1.807, 2.05) is 43.3 Å². The molecule has 0 radical (unpaired) electrons. The fraction of sp³-hybridized carbons (Fsp3) is 0.371. The van der Waals surface area contributed by atoms with Crippen molar-refractivity contribution in [1.82, 2.24) is 9.80 Å². The lowest BCUT2D eigenvalue weighted by atomic mass is 9.95. The molecule has 0 saturated carbocycles. The van der Waals surface area contributed by atoms with Crippen LogP contribution in [0.1, 0.15) is 56.3 Å². The third-order valence-corrected chi connectivity index (χ3v) is 7.65. The minimum absolute atomic E-state index is 0.0510. The Kier molecular flexibility index (Phi) is 11.2. The van der Waals surface area contributed by atoms with Crippen LogP contribution in [0.2, 0.25) is 0 Å². The van der Waals surface area contributed by atoms with Gasteiger partial charge in [-0.3, -0.25) is 9.59 Å². The van der Waals surface area contributed by atoms with Crippen LogP contribution in [0.25, 0.3) is 5.76 Å². The molecule has 8 nitrogen and oxygen atoms in total. The molecule has 3 aromatic carbocycles. The van der Waals surface area contributed by atoms with Crippen LogP contribution in [0, 0.1) is 0 Å². The number of hydrogen-bond donors (Lipinski definition) is 1. The summed E-state index contributed by atoms with van der Waals surface area (Å²) in [6.07, 6.45) is 1.56. The average Bonchev–Trinajstić information content (AvgIpc) is 3.30. The van der Waals surface area contributed by atoms with Crippen LogP contribution in [0.3, 0.4) is 0 Å². The van der Waals surface area contributed by atoms with Crippen molar-refractivity contribution in [1.29, 1.82) is 0 Å². The maximum Gasteiger partial charge on any atom is 0.295 e.